The van der Waals surface area contributed by atoms with Crippen LogP contribution in [0.25, 0.3) is 0 Å². The molecule has 5 nitrogen and oxygen atoms in total. The van der Waals surface area contributed by atoms with Gasteiger partial charge in [-0.3, -0.25) is 4.79 Å². The van der Waals surface area contributed by atoms with E-state index in [1.165, 1.54) is 12.3 Å². The third kappa shape index (κ3) is 3.21. The average Bonchev–Trinajstić information content (AvgIpc) is 2.70. The van der Waals surface area contributed by atoms with Crippen molar-refractivity contribution in [2.75, 3.05) is 6.54 Å². The first-order valence-corrected chi connectivity index (χ1v) is 4.92. The Hall–Kier alpha value is -1.07. The van der Waals surface area contributed by atoms with Gasteiger partial charge < -0.3 is 15.6 Å². The molecular formula is C10H18ClN3O2. The van der Waals surface area contributed by atoms with Crippen LogP contribution >= 0.6 is 12.4 Å². The summed E-state index contributed by atoms with van der Waals surface area (Å²) in [5.41, 5.74) is 5.50. The molecule has 1 atom stereocenters. The molecule has 3 N–H and O–H groups in total. The second-order valence-electron chi connectivity index (χ2n) is 4.12. The minimum absolute atomic E-state index is 0. The van der Waals surface area contributed by atoms with Gasteiger partial charge >= 0.3 is 0 Å². The highest BCUT2D eigenvalue weighted by atomic mass is 35.5. The second kappa shape index (κ2) is 5.86. The number of halogens is 1. The van der Waals surface area contributed by atoms with Crippen molar-refractivity contribution in [3.63, 3.8) is 0 Å². The molecule has 0 aliphatic carbocycles. The summed E-state index contributed by atoms with van der Waals surface area (Å²) in [6.07, 6.45) is 1.37. The molecule has 1 aromatic rings. The number of nitrogens with two attached hydrogens (primary N) is 1. The molecule has 1 amide bonds. The molecule has 16 heavy (non-hydrogen) atoms. The number of nitrogens with zero attached hydrogens (tertiary/aromatic N) is 1. The maximum Gasteiger partial charge on any atom is 0.273 e. The van der Waals surface area contributed by atoms with E-state index < -0.39 is 5.54 Å². The molecule has 0 radical (unpaired) electrons. The number of hydrogen-bond donors (Lipinski definition) is 2. The first-order valence-electron chi connectivity index (χ1n) is 4.92. The topological polar surface area (TPSA) is 81.1 Å². The lowest BCUT2D eigenvalue weighted by molar-refractivity contribution is 0.0874. The second-order valence-corrected chi connectivity index (χ2v) is 4.12. The first-order chi connectivity index (χ1) is 6.99. The Morgan fingerprint density at radius 1 is 1.69 bits per heavy atom. The van der Waals surface area contributed by atoms with Crippen molar-refractivity contribution >= 4 is 18.3 Å². The Morgan fingerprint density at radius 2 is 2.31 bits per heavy atom. The summed E-state index contributed by atoms with van der Waals surface area (Å²) in [5, 5.41) is 6.42. The van der Waals surface area contributed by atoms with Crippen molar-refractivity contribution in [3.8, 4) is 0 Å². The molecule has 0 aromatic carbocycles. The number of amides is 1. The van der Waals surface area contributed by atoms with E-state index in [1.54, 1.807) is 0 Å². The number of aromatic nitrogens is 1. The summed E-state index contributed by atoms with van der Waals surface area (Å²) in [6, 6.07) is 1.52. The molecule has 0 spiro atoms. The van der Waals surface area contributed by atoms with Crippen LogP contribution < -0.4 is 11.1 Å². The quantitative estimate of drug-likeness (QED) is 0.838. The van der Waals surface area contributed by atoms with Crippen molar-refractivity contribution in [2.24, 2.45) is 11.7 Å². The van der Waals surface area contributed by atoms with E-state index in [9.17, 15) is 4.79 Å². The summed E-state index contributed by atoms with van der Waals surface area (Å²) < 4.78 is 4.60. The summed E-state index contributed by atoms with van der Waals surface area (Å²) in [4.78, 5) is 11.7. The number of nitrogens with one attached hydrogen (secondary N) is 1. The normalized spacial score (nSPS) is 14.1. The molecule has 1 aromatic heterocycles. The molecule has 6 heteroatoms. The van der Waals surface area contributed by atoms with Crippen LogP contribution in [0.1, 0.15) is 31.3 Å². The molecule has 0 saturated heterocycles. The molecule has 0 aliphatic rings. The first kappa shape index (κ1) is 14.9. The van der Waals surface area contributed by atoms with Crippen LogP contribution in [0.3, 0.4) is 0 Å². The Kier molecular flexibility index (Phi) is 5.47. The van der Waals surface area contributed by atoms with Gasteiger partial charge in [-0.2, -0.15) is 0 Å². The van der Waals surface area contributed by atoms with Gasteiger partial charge in [-0.25, -0.2) is 0 Å². The predicted octanol–water partition coefficient (Wildman–Crippen LogP) is 1.20. The molecule has 1 unspecified atom stereocenters. The lowest BCUT2D eigenvalue weighted by Crippen LogP contribution is -2.55. The zero-order chi connectivity index (χ0) is 11.5. The van der Waals surface area contributed by atoms with Gasteiger partial charge in [-0.15, -0.1) is 12.4 Å². The lowest BCUT2D eigenvalue weighted by atomic mass is 9.88. The number of carbonyl (C=O) groups excluding carboxylic acids is 1. The third-order valence-corrected chi connectivity index (χ3v) is 2.77. The van der Waals surface area contributed by atoms with E-state index >= 15 is 0 Å². The SMILES string of the molecule is CC(C)C(C)(CN)NC(=O)c1ccon1.Cl. The molecule has 1 rings (SSSR count). The van der Waals surface area contributed by atoms with Gasteiger partial charge in [0.15, 0.2) is 5.69 Å². The van der Waals surface area contributed by atoms with E-state index in [0.717, 1.165) is 0 Å². The van der Waals surface area contributed by atoms with Crippen molar-refractivity contribution in [1.82, 2.24) is 10.5 Å². The van der Waals surface area contributed by atoms with E-state index in [1.807, 2.05) is 20.8 Å². The highest BCUT2D eigenvalue weighted by molar-refractivity contribution is 5.92. The largest absolute Gasteiger partial charge is 0.364 e. The van der Waals surface area contributed by atoms with Crippen molar-refractivity contribution in [2.45, 2.75) is 26.3 Å². The third-order valence-electron chi connectivity index (χ3n) is 2.77. The van der Waals surface area contributed by atoms with Gasteiger partial charge in [0.05, 0.1) is 5.54 Å². The van der Waals surface area contributed by atoms with E-state index in [2.05, 4.69) is 15.0 Å². The lowest BCUT2D eigenvalue weighted by Gasteiger charge is -2.33. The molecular weight excluding hydrogens is 230 g/mol. The zero-order valence-electron chi connectivity index (χ0n) is 9.69. The van der Waals surface area contributed by atoms with Crippen molar-refractivity contribution in [1.29, 1.82) is 0 Å². The number of rotatable bonds is 4. The fraction of sp³-hybridized carbons (Fsp3) is 0.600. The standard InChI is InChI=1S/C10H17N3O2.ClH/c1-7(2)10(3,6-11)12-9(14)8-4-5-15-13-8;/h4-5,7H,6,11H2,1-3H3,(H,12,14);1H. The van der Waals surface area contributed by atoms with Crippen molar-refractivity contribution < 1.29 is 9.32 Å². The minimum Gasteiger partial charge on any atom is -0.364 e. The maximum absolute atomic E-state index is 11.7. The van der Waals surface area contributed by atoms with Crippen LogP contribution in [0, 0.1) is 5.92 Å². The van der Waals surface area contributed by atoms with E-state index in [0.29, 0.717) is 6.54 Å². The van der Waals surface area contributed by atoms with Crippen LogP contribution in [0.5, 0.6) is 0 Å². The van der Waals surface area contributed by atoms with Gasteiger partial charge in [-0.1, -0.05) is 19.0 Å². The van der Waals surface area contributed by atoms with Crippen LogP contribution in [0.2, 0.25) is 0 Å². The molecule has 92 valence electrons. The van der Waals surface area contributed by atoms with Crippen LogP contribution in [-0.2, 0) is 0 Å². The van der Waals surface area contributed by atoms with Gasteiger partial charge in [0.2, 0.25) is 0 Å². The van der Waals surface area contributed by atoms with E-state index in [4.69, 9.17) is 5.73 Å². The van der Waals surface area contributed by atoms with Gasteiger partial charge in [0, 0.05) is 12.6 Å². The molecule has 0 bridgehead atoms. The average molecular weight is 248 g/mol. The molecule has 0 saturated carbocycles. The minimum atomic E-state index is -0.421. The Balaban J connectivity index is 0.00000225. The zero-order valence-corrected chi connectivity index (χ0v) is 10.5. The fourth-order valence-electron chi connectivity index (χ4n) is 1.08. The van der Waals surface area contributed by atoms with Gasteiger partial charge in [-0.05, 0) is 12.8 Å². The number of carbonyl (C=O) groups is 1. The van der Waals surface area contributed by atoms with E-state index in [-0.39, 0.29) is 29.9 Å². The Bertz CT molecular complexity index is 327. The smallest absolute Gasteiger partial charge is 0.273 e. The van der Waals surface area contributed by atoms with Crippen molar-refractivity contribution in [3.05, 3.63) is 18.0 Å². The maximum atomic E-state index is 11.7. The molecule has 0 fully saturated rings. The predicted molar refractivity (Wildman–Crippen MR) is 63.5 cm³/mol. The summed E-state index contributed by atoms with van der Waals surface area (Å²) >= 11 is 0. The highest BCUT2D eigenvalue weighted by Crippen LogP contribution is 2.15. The Labute approximate surface area is 101 Å². The fourth-order valence-corrected chi connectivity index (χ4v) is 1.08. The summed E-state index contributed by atoms with van der Waals surface area (Å²) in [6.45, 7) is 6.32. The Morgan fingerprint density at radius 3 is 2.69 bits per heavy atom. The van der Waals surface area contributed by atoms with Gasteiger partial charge in [0.25, 0.3) is 5.91 Å². The molecule has 0 aliphatic heterocycles. The highest BCUT2D eigenvalue weighted by Gasteiger charge is 2.29. The number of hydrogen-bond acceptors (Lipinski definition) is 4. The van der Waals surface area contributed by atoms with Crippen LogP contribution in [0.15, 0.2) is 16.9 Å². The summed E-state index contributed by atoms with van der Waals surface area (Å²) in [5.74, 6) is -0.0104. The van der Waals surface area contributed by atoms with Crippen LogP contribution in [-0.4, -0.2) is 23.1 Å². The summed E-state index contributed by atoms with van der Waals surface area (Å²) in [7, 11) is 0. The van der Waals surface area contributed by atoms with Crippen LogP contribution in [0.4, 0.5) is 0 Å². The monoisotopic (exact) mass is 247 g/mol. The molecule has 1 heterocycles. The van der Waals surface area contributed by atoms with Gasteiger partial charge in [0.1, 0.15) is 6.26 Å².